The molecule has 2 fully saturated rings. The van der Waals surface area contributed by atoms with E-state index < -0.39 is 9.84 Å². The Morgan fingerprint density at radius 1 is 1.33 bits per heavy atom. The van der Waals surface area contributed by atoms with E-state index >= 15 is 0 Å². The van der Waals surface area contributed by atoms with Crippen LogP contribution in [0.5, 0.6) is 0 Å². The predicted molar refractivity (Wildman–Crippen MR) is 74.5 cm³/mol. The molecule has 1 heterocycles. The van der Waals surface area contributed by atoms with E-state index in [0.29, 0.717) is 17.5 Å². The molecular weight excluding hydrogens is 248 g/mol. The van der Waals surface area contributed by atoms with Crippen LogP contribution in [0.25, 0.3) is 0 Å². The van der Waals surface area contributed by atoms with Crippen molar-refractivity contribution in [3.63, 3.8) is 0 Å². The fraction of sp³-hybridized carbons (Fsp3) is 1.00. The largest absolute Gasteiger partial charge is 0.316 e. The van der Waals surface area contributed by atoms with Crippen LogP contribution in [0.2, 0.25) is 0 Å². The topological polar surface area (TPSA) is 49.4 Å². The van der Waals surface area contributed by atoms with Crippen LogP contribution in [-0.4, -0.2) is 56.5 Å². The van der Waals surface area contributed by atoms with Gasteiger partial charge in [0.2, 0.25) is 0 Å². The first-order chi connectivity index (χ1) is 8.53. The highest BCUT2D eigenvalue weighted by Crippen LogP contribution is 2.34. The van der Waals surface area contributed by atoms with Crippen LogP contribution >= 0.6 is 0 Å². The van der Waals surface area contributed by atoms with Gasteiger partial charge in [0, 0.05) is 18.6 Å². The van der Waals surface area contributed by atoms with Crippen molar-refractivity contribution in [3.8, 4) is 0 Å². The molecule has 1 N–H and O–H groups in total. The molecule has 2 rings (SSSR count). The number of nitrogens with one attached hydrogen (secondary N) is 1. The lowest BCUT2D eigenvalue weighted by Gasteiger charge is -2.48. The molecular formula is C13H26N2O2S. The Hall–Kier alpha value is -0.130. The average molecular weight is 274 g/mol. The van der Waals surface area contributed by atoms with Gasteiger partial charge in [0.1, 0.15) is 0 Å². The Morgan fingerprint density at radius 3 is 2.67 bits per heavy atom. The summed E-state index contributed by atoms with van der Waals surface area (Å²) < 4.78 is 23.2. The van der Waals surface area contributed by atoms with Crippen molar-refractivity contribution in [1.82, 2.24) is 10.2 Å². The molecule has 1 saturated heterocycles. The van der Waals surface area contributed by atoms with Gasteiger partial charge in [0.25, 0.3) is 0 Å². The molecule has 0 bridgehead atoms. The van der Waals surface area contributed by atoms with Gasteiger partial charge in [-0.25, -0.2) is 8.42 Å². The monoisotopic (exact) mass is 274 g/mol. The predicted octanol–water partition coefficient (Wildman–Crippen LogP) is 0.884. The molecule has 2 aliphatic rings. The van der Waals surface area contributed by atoms with Crippen LogP contribution < -0.4 is 5.32 Å². The first kappa shape index (κ1) is 14.3. The summed E-state index contributed by atoms with van der Waals surface area (Å²) in [6.07, 6.45) is 3.70. The lowest BCUT2D eigenvalue weighted by molar-refractivity contribution is 0.0406. The highest BCUT2D eigenvalue weighted by atomic mass is 32.2. The third-order valence-electron chi connectivity index (χ3n) is 4.36. The molecule has 0 amide bonds. The molecule has 5 heteroatoms. The Kier molecular flexibility index (Phi) is 4.67. The molecule has 18 heavy (non-hydrogen) atoms. The van der Waals surface area contributed by atoms with Gasteiger partial charge in [-0.05, 0) is 45.2 Å². The van der Waals surface area contributed by atoms with Crippen molar-refractivity contribution in [2.75, 3.05) is 31.1 Å². The molecule has 1 aliphatic heterocycles. The molecule has 0 aromatic heterocycles. The molecule has 0 aromatic rings. The van der Waals surface area contributed by atoms with E-state index in [1.807, 2.05) is 0 Å². The lowest BCUT2D eigenvalue weighted by atomic mass is 9.77. The van der Waals surface area contributed by atoms with Gasteiger partial charge in [-0.15, -0.1) is 0 Å². The number of nitrogens with zero attached hydrogens (tertiary/aromatic N) is 1. The van der Waals surface area contributed by atoms with Crippen molar-refractivity contribution in [2.24, 2.45) is 5.92 Å². The Bertz CT molecular complexity index is 369. The van der Waals surface area contributed by atoms with Gasteiger partial charge in [-0.1, -0.05) is 6.92 Å². The van der Waals surface area contributed by atoms with E-state index in [-0.39, 0.29) is 6.04 Å². The summed E-state index contributed by atoms with van der Waals surface area (Å²) in [4.78, 5) is 2.43. The van der Waals surface area contributed by atoms with Crippen LogP contribution in [0, 0.1) is 5.92 Å². The minimum absolute atomic E-state index is 0.197. The van der Waals surface area contributed by atoms with E-state index in [4.69, 9.17) is 0 Å². The van der Waals surface area contributed by atoms with Crippen molar-refractivity contribution in [2.45, 2.75) is 45.2 Å². The number of rotatable bonds is 5. The van der Waals surface area contributed by atoms with Gasteiger partial charge in [-0.2, -0.15) is 0 Å². The lowest BCUT2D eigenvalue weighted by Crippen LogP contribution is -2.58. The summed E-state index contributed by atoms with van der Waals surface area (Å²) in [6.45, 7) is 7.16. The number of hydrogen-bond donors (Lipinski definition) is 1. The Morgan fingerprint density at radius 2 is 2.11 bits per heavy atom. The van der Waals surface area contributed by atoms with E-state index in [0.717, 1.165) is 25.6 Å². The van der Waals surface area contributed by atoms with Crippen molar-refractivity contribution < 1.29 is 8.42 Å². The quantitative estimate of drug-likeness (QED) is 0.756. The van der Waals surface area contributed by atoms with Crippen LogP contribution in [0.4, 0.5) is 0 Å². The average Bonchev–Trinajstić information content (AvgIpc) is 2.26. The third-order valence-corrected chi connectivity index (χ3v) is 6.15. The zero-order valence-corrected chi connectivity index (χ0v) is 12.4. The zero-order valence-electron chi connectivity index (χ0n) is 11.6. The van der Waals surface area contributed by atoms with E-state index in [9.17, 15) is 8.42 Å². The van der Waals surface area contributed by atoms with Crippen molar-refractivity contribution in [3.05, 3.63) is 0 Å². The van der Waals surface area contributed by atoms with Crippen LogP contribution in [0.3, 0.4) is 0 Å². The fourth-order valence-corrected chi connectivity index (χ4v) is 4.78. The molecule has 3 unspecified atom stereocenters. The standard InChI is InChI=1S/C13H26N2O2S/c1-3-6-14-9-12-4-5-13(12)15-7-8-18(16,17)10-11(15)2/h11-14H,3-10H2,1-2H3. The normalized spacial score (nSPS) is 36.2. The summed E-state index contributed by atoms with van der Waals surface area (Å²) in [6, 6.07) is 0.808. The second-order valence-corrected chi connectivity index (χ2v) is 8.04. The fourth-order valence-electron chi connectivity index (χ4n) is 3.19. The van der Waals surface area contributed by atoms with Crippen LogP contribution in [0.1, 0.15) is 33.1 Å². The maximum atomic E-state index is 11.6. The molecule has 0 radical (unpaired) electrons. The van der Waals surface area contributed by atoms with Crippen LogP contribution in [0.15, 0.2) is 0 Å². The molecule has 0 spiro atoms. The summed E-state index contributed by atoms with van der Waals surface area (Å²) in [5.74, 6) is 1.42. The number of sulfone groups is 1. The molecule has 1 aliphatic carbocycles. The minimum Gasteiger partial charge on any atom is -0.316 e. The summed E-state index contributed by atoms with van der Waals surface area (Å²) in [5, 5.41) is 3.49. The SMILES string of the molecule is CCCNCC1CCC1N1CCS(=O)(=O)CC1C. The second kappa shape index (κ2) is 5.88. The maximum absolute atomic E-state index is 11.6. The molecule has 106 valence electrons. The first-order valence-corrected chi connectivity index (χ1v) is 9.02. The Balaban J connectivity index is 1.84. The van der Waals surface area contributed by atoms with Gasteiger partial charge in [-0.3, -0.25) is 4.90 Å². The highest BCUT2D eigenvalue weighted by Gasteiger charge is 2.40. The van der Waals surface area contributed by atoms with E-state index in [1.54, 1.807) is 0 Å². The third kappa shape index (κ3) is 3.25. The maximum Gasteiger partial charge on any atom is 0.153 e. The summed E-state index contributed by atoms with van der Waals surface area (Å²) >= 11 is 0. The molecule has 1 saturated carbocycles. The molecule has 4 nitrogen and oxygen atoms in total. The minimum atomic E-state index is -2.78. The molecule has 0 aromatic carbocycles. The van der Waals surface area contributed by atoms with E-state index in [2.05, 4.69) is 24.1 Å². The summed E-state index contributed by atoms with van der Waals surface area (Å²) in [5.41, 5.74) is 0. The first-order valence-electron chi connectivity index (χ1n) is 7.20. The number of hydrogen-bond acceptors (Lipinski definition) is 4. The van der Waals surface area contributed by atoms with Gasteiger partial charge < -0.3 is 5.32 Å². The Labute approximate surface area is 111 Å². The van der Waals surface area contributed by atoms with E-state index in [1.165, 1.54) is 19.3 Å². The summed E-state index contributed by atoms with van der Waals surface area (Å²) in [7, 11) is -2.78. The highest BCUT2D eigenvalue weighted by molar-refractivity contribution is 7.91. The second-order valence-electron chi connectivity index (χ2n) is 5.81. The zero-order chi connectivity index (χ0) is 13.2. The molecule has 3 atom stereocenters. The van der Waals surface area contributed by atoms with Crippen molar-refractivity contribution in [1.29, 1.82) is 0 Å². The van der Waals surface area contributed by atoms with Crippen molar-refractivity contribution >= 4 is 9.84 Å². The van der Waals surface area contributed by atoms with Crippen LogP contribution in [-0.2, 0) is 9.84 Å². The smallest absolute Gasteiger partial charge is 0.153 e. The van der Waals surface area contributed by atoms with Gasteiger partial charge in [0.15, 0.2) is 9.84 Å². The van der Waals surface area contributed by atoms with Gasteiger partial charge >= 0.3 is 0 Å². The van der Waals surface area contributed by atoms with Gasteiger partial charge in [0.05, 0.1) is 11.5 Å².